The fourth-order valence-corrected chi connectivity index (χ4v) is 3.87. The van der Waals surface area contributed by atoms with Crippen molar-refractivity contribution in [3.8, 4) is 0 Å². The maximum atomic E-state index is 12.7. The van der Waals surface area contributed by atoms with Gasteiger partial charge >= 0.3 is 6.18 Å². The second kappa shape index (κ2) is 6.88. The van der Waals surface area contributed by atoms with E-state index in [2.05, 4.69) is 4.98 Å². The molecule has 1 fully saturated rings. The van der Waals surface area contributed by atoms with E-state index in [1.807, 2.05) is 10.8 Å². The van der Waals surface area contributed by atoms with Crippen LogP contribution in [0.2, 0.25) is 0 Å². The predicted octanol–water partition coefficient (Wildman–Crippen LogP) is 3.57. The summed E-state index contributed by atoms with van der Waals surface area (Å²) in [6.45, 7) is 1.31. The second-order valence-corrected chi connectivity index (χ2v) is 6.59. The molecular formula is C16H16F3N3OS. The van der Waals surface area contributed by atoms with Crippen molar-refractivity contribution in [1.82, 2.24) is 14.5 Å². The minimum Gasteiger partial charge on any atom is -0.337 e. The number of hydrogen-bond acceptors (Lipinski definition) is 3. The average molecular weight is 355 g/mol. The zero-order chi connectivity index (χ0) is 17.2. The number of aromatic nitrogens is 2. The first-order valence-electron chi connectivity index (χ1n) is 7.49. The number of carbonyl (C=O) groups is 1. The summed E-state index contributed by atoms with van der Waals surface area (Å²) in [5.41, 5.74) is 0.0497. The Labute approximate surface area is 141 Å². The molecule has 1 aromatic heterocycles. The lowest BCUT2D eigenvalue weighted by Crippen LogP contribution is -2.29. The molecule has 8 heteroatoms. The number of imidazole rings is 1. The number of benzene rings is 1. The number of thioether (sulfide) groups is 1. The highest BCUT2D eigenvalue weighted by molar-refractivity contribution is 8.00. The van der Waals surface area contributed by atoms with E-state index in [0.29, 0.717) is 12.3 Å². The molecule has 24 heavy (non-hydrogen) atoms. The zero-order valence-electron chi connectivity index (χ0n) is 12.7. The van der Waals surface area contributed by atoms with Gasteiger partial charge < -0.3 is 9.47 Å². The van der Waals surface area contributed by atoms with Crippen molar-refractivity contribution < 1.29 is 18.0 Å². The van der Waals surface area contributed by atoms with Gasteiger partial charge in [-0.05, 0) is 24.1 Å². The SMILES string of the molecule is O=C1CSC(c2ccc(C(F)(F)F)cc2)N1CCCn1ccnc1. The molecule has 1 unspecified atom stereocenters. The molecule has 128 valence electrons. The highest BCUT2D eigenvalue weighted by Gasteiger charge is 2.34. The summed E-state index contributed by atoms with van der Waals surface area (Å²) in [6.07, 6.45) is 1.69. The number of aryl methyl sites for hydroxylation is 1. The summed E-state index contributed by atoms with van der Waals surface area (Å²) >= 11 is 1.45. The van der Waals surface area contributed by atoms with Gasteiger partial charge in [0.05, 0.1) is 17.6 Å². The van der Waals surface area contributed by atoms with E-state index >= 15 is 0 Å². The van der Waals surface area contributed by atoms with Gasteiger partial charge in [-0.25, -0.2) is 4.98 Å². The van der Waals surface area contributed by atoms with Crippen molar-refractivity contribution in [2.45, 2.75) is 24.5 Å². The molecule has 1 aliphatic rings. The number of carbonyl (C=O) groups excluding carboxylic acids is 1. The molecule has 0 radical (unpaired) electrons. The van der Waals surface area contributed by atoms with Crippen LogP contribution in [0.5, 0.6) is 0 Å². The highest BCUT2D eigenvalue weighted by atomic mass is 32.2. The molecule has 1 atom stereocenters. The van der Waals surface area contributed by atoms with Gasteiger partial charge in [0.25, 0.3) is 0 Å². The Balaban J connectivity index is 1.66. The number of alkyl halides is 3. The van der Waals surface area contributed by atoms with Crippen LogP contribution in [0.25, 0.3) is 0 Å². The summed E-state index contributed by atoms with van der Waals surface area (Å²) < 4.78 is 39.9. The van der Waals surface area contributed by atoms with Gasteiger partial charge in [0.15, 0.2) is 0 Å². The fraction of sp³-hybridized carbons (Fsp3) is 0.375. The lowest BCUT2D eigenvalue weighted by molar-refractivity contribution is -0.137. The van der Waals surface area contributed by atoms with Gasteiger partial charge in [0, 0.05) is 25.5 Å². The van der Waals surface area contributed by atoms with Crippen LogP contribution < -0.4 is 0 Å². The Bertz CT molecular complexity index is 686. The van der Waals surface area contributed by atoms with E-state index in [0.717, 1.165) is 30.7 Å². The minimum atomic E-state index is -4.35. The lowest BCUT2D eigenvalue weighted by atomic mass is 10.1. The minimum absolute atomic E-state index is 0.0236. The predicted molar refractivity (Wildman–Crippen MR) is 85.2 cm³/mol. The molecular weight excluding hydrogens is 339 g/mol. The van der Waals surface area contributed by atoms with Crippen LogP contribution in [0, 0.1) is 0 Å². The monoisotopic (exact) mass is 355 g/mol. The van der Waals surface area contributed by atoms with E-state index in [9.17, 15) is 18.0 Å². The second-order valence-electron chi connectivity index (χ2n) is 5.52. The molecule has 1 aliphatic heterocycles. The number of rotatable bonds is 5. The van der Waals surface area contributed by atoms with Crippen LogP contribution in [-0.4, -0.2) is 32.7 Å². The molecule has 2 heterocycles. The Morgan fingerprint density at radius 2 is 1.96 bits per heavy atom. The molecule has 0 N–H and O–H groups in total. The first-order chi connectivity index (χ1) is 11.4. The standard InChI is InChI=1S/C16H16F3N3OS/c17-16(18,19)13-4-2-12(3-5-13)15-22(14(23)10-24-15)8-1-7-21-9-6-20-11-21/h2-6,9,11,15H,1,7-8,10H2. The first kappa shape index (κ1) is 16.9. The van der Waals surface area contributed by atoms with Crippen molar-refractivity contribution in [2.24, 2.45) is 0 Å². The topological polar surface area (TPSA) is 38.1 Å². The first-order valence-corrected chi connectivity index (χ1v) is 8.54. The average Bonchev–Trinajstić information content (AvgIpc) is 3.17. The number of nitrogens with zero attached hydrogens (tertiary/aromatic N) is 3. The smallest absolute Gasteiger partial charge is 0.337 e. The number of halogens is 3. The molecule has 1 amide bonds. The Hall–Kier alpha value is -1.96. The van der Waals surface area contributed by atoms with Gasteiger partial charge in [-0.3, -0.25) is 4.79 Å². The van der Waals surface area contributed by atoms with Crippen molar-refractivity contribution in [3.63, 3.8) is 0 Å². The number of hydrogen-bond donors (Lipinski definition) is 0. The molecule has 1 saturated heterocycles. The molecule has 0 saturated carbocycles. The van der Waals surface area contributed by atoms with Crippen LogP contribution >= 0.6 is 11.8 Å². The van der Waals surface area contributed by atoms with Gasteiger partial charge in [-0.15, -0.1) is 11.8 Å². The largest absolute Gasteiger partial charge is 0.416 e. The van der Waals surface area contributed by atoms with E-state index in [1.165, 1.54) is 23.9 Å². The van der Waals surface area contributed by atoms with Gasteiger partial charge in [0.1, 0.15) is 5.37 Å². The number of amides is 1. The summed E-state index contributed by atoms with van der Waals surface area (Å²) in [4.78, 5) is 17.8. The van der Waals surface area contributed by atoms with Crippen LogP contribution in [0.4, 0.5) is 13.2 Å². The van der Waals surface area contributed by atoms with Gasteiger partial charge in [-0.2, -0.15) is 13.2 Å². The van der Waals surface area contributed by atoms with Crippen LogP contribution in [0.1, 0.15) is 22.9 Å². The maximum Gasteiger partial charge on any atom is 0.416 e. The van der Waals surface area contributed by atoms with Crippen molar-refractivity contribution in [2.75, 3.05) is 12.3 Å². The molecule has 0 spiro atoms. The zero-order valence-corrected chi connectivity index (χ0v) is 13.6. The Kier molecular flexibility index (Phi) is 4.84. The van der Waals surface area contributed by atoms with Gasteiger partial charge in [-0.1, -0.05) is 12.1 Å². The van der Waals surface area contributed by atoms with E-state index in [4.69, 9.17) is 0 Å². The summed E-state index contributed by atoms with van der Waals surface area (Å²) in [6, 6.07) is 5.06. The lowest BCUT2D eigenvalue weighted by Gasteiger charge is -2.24. The van der Waals surface area contributed by atoms with Gasteiger partial charge in [0.2, 0.25) is 5.91 Å². The van der Waals surface area contributed by atoms with Crippen molar-refractivity contribution in [3.05, 3.63) is 54.1 Å². The highest BCUT2D eigenvalue weighted by Crippen LogP contribution is 2.39. The van der Waals surface area contributed by atoms with Crippen LogP contribution in [0.3, 0.4) is 0 Å². The third-order valence-electron chi connectivity index (χ3n) is 3.87. The van der Waals surface area contributed by atoms with E-state index in [1.54, 1.807) is 17.4 Å². The molecule has 0 aliphatic carbocycles. The third kappa shape index (κ3) is 3.75. The van der Waals surface area contributed by atoms with Crippen LogP contribution in [-0.2, 0) is 17.5 Å². The normalized spacial score (nSPS) is 18.4. The Morgan fingerprint density at radius 1 is 1.21 bits per heavy atom. The molecule has 3 rings (SSSR count). The summed E-state index contributed by atoms with van der Waals surface area (Å²) in [5.74, 6) is 0.382. The third-order valence-corrected chi connectivity index (χ3v) is 5.12. The molecule has 1 aromatic carbocycles. The molecule has 4 nitrogen and oxygen atoms in total. The van der Waals surface area contributed by atoms with Crippen molar-refractivity contribution >= 4 is 17.7 Å². The van der Waals surface area contributed by atoms with E-state index < -0.39 is 11.7 Å². The van der Waals surface area contributed by atoms with Crippen molar-refractivity contribution in [1.29, 1.82) is 0 Å². The quantitative estimate of drug-likeness (QED) is 0.823. The maximum absolute atomic E-state index is 12.7. The van der Waals surface area contributed by atoms with Crippen LogP contribution in [0.15, 0.2) is 43.0 Å². The summed E-state index contributed by atoms with van der Waals surface area (Å²) in [7, 11) is 0. The Morgan fingerprint density at radius 3 is 2.58 bits per heavy atom. The molecule has 0 bridgehead atoms. The summed E-state index contributed by atoms with van der Waals surface area (Å²) in [5, 5.41) is -0.220. The van der Waals surface area contributed by atoms with E-state index in [-0.39, 0.29) is 11.3 Å². The fourth-order valence-electron chi connectivity index (χ4n) is 2.65. The molecule has 2 aromatic rings.